The molecule has 2 aromatic rings. The molecule has 0 aliphatic heterocycles. The lowest BCUT2D eigenvalue weighted by Crippen LogP contribution is -2.06. The zero-order valence-electron chi connectivity index (χ0n) is 7.26. The third-order valence-electron chi connectivity index (χ3n) is 1.86. The Bertz CT molecular complexity index is 422. The summed E-state index contributed by atoms with van der Waals surface area (Å²) in [6.07, 6.45) is 0. The number of nitrogens with one attached hydrogen (secondary N) is 2. The van der Waals surface area contributed by atoms with Gasteiger partial charge in [0.25, 0.3) is 0 Å². The van der Waals surface area contributed by atoms with Crippen LogP contribution in [-0.2, 0) is 6.54 Å². The lowest BCUT2D eigenvalue weighted by molar-refractivity contribution is 0.775. The average molecular weight is 240 g/mol. The molecule has 1 heterocycles. The molecule has 0 saturated carbocycles. The number of aromatic nitrogens is 2. The van der Waals surface area contributed by atoms with Crippen molar-refractivity contribution in [3.05, 3.63) is 28.5 Å². The molecule has 2 rings (SSSR count). The van der Waals surface area contributed by atoms with Gasteiger partial charge in [0.1, 0.15) is 11.3 Å². The van der Waals surface area contributed by atoms with Crippen LogP contribution in [0.3, 0.4) is 0 Å². The molecule has 0 radical (unpaired) electrons. The highest BCUT2D eigenvalue weighted by atomic mass is 79.9. The van der Waals surface area contributed by atoms with Crippen molar-refractivity contribution in [2.45, 2.75) is 6.54 Å². The van der Waals surface area contributed by atoms with Crippen LogP contribution in [0.1, 0.15) is 5.82 Å². The number of fused-ring (bicyclic) bond motifs is 1. The van der Waals surface area contributed by atoms with E-state index in [2.05, 4.69) is 31.2 Å². The molecular formula is C9H10BrN3. The lowest BCUT2D eigenvalue weighted by Gasteiger charge is -1.89. The number of benzene rings is 1. The molecule has 4 heteroatoms. The summed E-state index contributed by atoms with van der Waals surface area (Å²) in [7, 11) is 1.90. The van der Waals surface area contributed by atoms with E-state index in [-0.39, 0.29) is 0 Å². The Morgan fingerprint density at radius 3 is 3.08 bits per heavy atom. The van der Waals surface area contributed by atoms with E-state index in [0.29, 0.717) is 0 Å². The van der Waals surface area contributed by atoms with Gasteiger partial charge in [-0.3, -0.25) is 0 Å². The standard InChI is InChI=1S/C9H10BrN3/c1-11-5-8-12-7-4-2-3-6(10)9(7)13-8/h2-4,11H,5H2,1H3,(H,12,13). The highest BCUT2D eigenvalue weighted by Gasteiger charge is 2.03. The van der Waals surface area contributed by atoms with Crippen LogP contribution in [0.25, 0.3) is 11.0 Å². The van der Waals surface area contributed by atoms with Crippen LogP contribution in [-0.4, -0.2) is 17.0 Å². The van der Waals surface area contributed by atoms with Gasteiger partial charge in [0.05, 0.1) is 12.1 Å². The highest BCUT2D eigenvalue weighted by molar-refractivity contribution is 9.10. The van der Waals surface area contributed by atoms with Crippen molar-refractivity contribution < 1.29 is 0 Å². The van der Waals surface area contributed by atoms with E-state index in [4.69, 9.17) is 0 Å². The Morgan fingerprint density at radius 1 is 1.54 bits per heavy atom. The van der Waals surface area contributed by atoms with Crippen LogP contribution in [0.5, 0.6) is 0 Å². The zero-order chi connectivity index (χ0) is 9.26. The fourth-order valence-corrected chi connectivity index (χ4v) is 1.75. The summed E-state index contributed by atoms with van der Waals surface area (Å²) in [4.78, 5) is 7.67. The first kappa shape index (κ1) is 8.72. The summed E-state index contributed by atoms with van der Waals surface area (Å²) in [5, 5.41) is 3.06. The topological polar surface area (TPSA) is 40.7 Å². The van der Waals surface area contributed by atoms with E-state index in [9.17, 15) is 0 Å². The van der Waals surface area contributed by atoms with Crippen molar-refractivity contribution in [1.82, 2.24) is 15.3 Å². The number of nitrogens with zero attached hydrogens (tertiary/aromatic N) is 1. The largest absolute Gasteiger partial charge is 0.341 e. The Balaban J connectivity index is 2.55. The molecule has 0 fully saturated rings. The first-order valence-corrected chi connectivity index (χ1v) is 4.88. The average Bonchev–Trinajstić information content (AvgIpc) is 2.49. The third-order valence-corrected chi connectivity index (χ3v) is 2.50. The van der Waals surface area contributed by atoms with E-state index in [0.717, 1.165) is 27.9 Å². The monoisotopic (exact) mass is 239 g/mol. The first-order valence-electron chi connectivity index (χ1n) is 4.09. The first-order chi connectivity index (χ1) is 6.31. The minimum atomic E-state index is 0.765. The maximum atomic E-state index is 4.44. The van der Waals surface area contributed by atoms with Crippen LogP contribution in [0.2, 0.25) is 0 Å². The SMILES string of the molecule is CNCc1nc2c(Br)cccc2[nH]1. The van der Waals surface area contributed by atoms with Gasteiger partial charge in [0, 0.05) is 4.47 Å². The Hall–Kier alpha value is -0.870. The molecule has 1 aromatic carbocycles. The number of hydrogen-bond donors (Lipinski definition) is 2. The number of H-pyrrole nitrogens is 1. The van der Waals surface area contributed by atoms with Crippen molar-refractivity contribution in [3.8, 4) is 0 Å². The van der Waals surface area contributed by atoms with Crippen molar-refractivity contribution >= 4 is 27.0 Å². The summed E-state index contributed by atoms with van der Waals surface area (Å²) in [6, 6.07) is 6.01. The molecule has 0 unspecified atom stereocenters. The smallest absolute Gasteiger partial charge is 0.121 e. The van der Waals surface area contributed by atoms with Crippen molar-refractivity contribution in [1.29, 1.82) is 0 Å². The number of para-hydroxylation sites is 1. The number of rotatable bonds is 2. The second kappa shape index (κ2) is 3.47. The van der Waals surface area contributed by atoms with Crippen LogP contribution < -0.4 is 5.32 Å². The fourth-order valence-electron chi connectivity index (χ4n) is 1.30. The van der Waals surface area contributed by atoms with Gasteiger partial charge in [0.2, 0.25) is 0 Å². The molecule has 0 amide bonds. The van der Waals surface area contributed by atoms with Crippen LogP contribution in [0.15, 0.2) is 22.7 Å². The van der Waals surface area contributed by atoms with Gasteiger partial charge in [-0.05, 0) is 35.1 Å². The Kier molecular flexibility index (Phi) is 2.33. The van der Waals surface area contributed by atoms with Crippen molar-refractivity contribution in [2.24, 2.45) is 0 Å². The zero-order valence-corrected chi connectivity index (χ0v) is 8.85. The van der Waals surface area contributed by atoms with Gasteiger partial charge in [0.15, 0.2) is 0 Å². The Morgan fingerprint density at radius 2 is 2.38 bits per heavy atom. The van der Waals surface area contributed by atoms with Crippen LogP contribution in [0.4, 0.5) is 0 Å². The predicted molar refractivity (Wildman–Crippen MR) is 56.6 cm³/mol. The second-order valence-corrected chi connectivity index (χ2v) is 3.70. The molecule has 0 atom stereocenters. The molecular weight excluding hydrogens is 230 g/mol. The van der Waals surface area contributed by atoms with E-state index in [1.807, 2.05) is 25.2 Å². The minimum Gasteiger partial charge on any atom is -0.341 e. The summed E-state index contributed by atoms with van der Waals surface area (Å²) in [6.45, 7) is 0.765. The normalized spacial score (nSPS) is 10.9. The maximum Gasteiger partial charge on any atom is 0.121 e. The summed E-state index contributed by atoms with van der Waals surface area (Å²) < 4.78 is 1.03. The number of halogens is 1. The van der Waals surface area contributed by atoms with Crippen molar-refractivity contribution in [2.75, 3.05) is 7.05 Å². The molecule has 68 valence electrons. The molecule has 0 spiro atoms. The molecule has 3 nitrogen and oxygen atoms in total. The third kappa shape index (κ3) is 1.59. The van der Waals surface area contributed by atoms with E-state index in [1.165, 1.54) is 0 Å². The lowest BCUT2D eigenvalue weighted by atomic mass is 10.3. The number of aromatic amines is 1. The van der Waals surface area contributed by atoms with Gasteiger partial charge in [-0.15, -0.1) is 0 Å². The van der Waals surface area contributed by atoms with Crippen LogP contribution >= 0.6 is 15.9 Å². The highest BCUT2D eigenvalue weighted by Crippen LogP contribution is 2.21. The molecule has 0 aliphatic carbocycles. The number of hydrogen-bond acceptors (Lipinski definition) is 2. The van der Waals surface area contributed by atoms with Gasteiger partial charge < -0.3 is 10.3 Å². The Labute approximate surface area is 84.7 Å². The van der Waals surface area contributed by atoms with E-state index >= 15 is 0 Å². The molecule has 13 heavy (non-hydrogen) atoms. The van der Waals surface area contributed by atoms with Gasteiger partial charge in [-0.1, -0.05) is 6.07 Å². The molecule has 2 N–H and O–H groups in total. The van der Waals surface area contributed by atoms with Gasteiger partial charge in [-0.25, -0.2) is 4.98 Å². The van der Waals surface area contributed by atoms with Crippen molar-refractivity contribution in [3.63, 3.8) is 0 Å². The summed E-state index contributed by atoms with van der Waals surface area (Å²) in [5.74, 6) is 0.962. The van der Waals surface area contributed by atoms with Gasteiger partial charge in [-0.2, -0.15) is 0 Å². The number of imidazole rings is 1. The molecule has 0 saturated heterocycles. The quantitative estimate of drug-likeness (QED) is 0.843. The molecule has 0 aliphatic rings. The van der Waals surface area contributed by atoms with E-state index in [1.54, 1.807) is 0 Å². The summed E-state index contributed by atoms with van der Waals surface area (Å²) >= 11 is 3.46. The van der Waals surface area contributed by atoms with Gasteiger partial charge >= 0.3 is 0 Å². The summed E-state index contributed by atoms with van der Waals surface area (Å²) in [5.41, 5.74) is 2.06. The van der Waals surface area contributed by atoms with E-state index < -0.39 is 0 Å². The minimum absolute atomic E-state index is 0.765. The molecule has 0 bridgehead atoms. The predicted octanol–water partition coefficient (Wildman–Crippen LogP) is 2.04. The second-order valence-electron chi connectivity index (χ2n) is 2.85. The maximum absolute atomic E-state index is 4.44. The van der Waals surface area contributed by atoms with Crippen LogP contribution in [0, 0.1) is 0 Å². The fraction of sp³-hybridized carbons (Fsp3) is 0.222. The molecule has 1 aromatic heterocycles.